The van der Waals surface area contributed by atoms with Crippen molar-refractivity contribution >= 4 is 0 Å². The third-order valence-corrected chi connectivity index (χ3v) is 3.65. The van der Waals surface area contributed by atoms with Gasteiger partial charge in [0.2, 0.25) is 5.88 Å². The van der Waals surface area contributed by atoms with Crippen LogP contribution < -0.4 is 10.1 Å². The zero-order valence-electron chi connectivity index (χ0n) is 11.9. The molecule has 4 nitrogen and oxygen atoms in total. The number of hydrogen-bond acceptors (Lipinski definition) is 3. The van der Waals surface area contributed by atoms with Gasteiger partial charge in [-0.05, 0) is 42.5 Å². The van der Waals surface area contributed by atoms with Crippen LogP contribution in [0, 0.1) is 5.92 Å². The third kappa shape index (κ3) is 3.61. The van der Waals surface area contributed by atoms with Gasteiger partial charge in [-0.2, -0.15) is 0 Å². The highest BCUT2D eigenvalue weighted by molar-refractivity contribution is 5.20. The number of rotatable bonds is 7. The zero-order valence-corrected chi connectivity index (χ0v) is 11.9. The summed E-state index contributed by atoms with van der Waals surface area (Å²) in [5, 5.41) is 3.45. The molecule has 1 N–H and O–H groups in total. The van der Waals surface area contributed by atoms with Crippen molar-refractivity contribution in [2.45, 2.75) is 25.9 Å². The van der Waals surface area contributed by atoms with Crippen LogP contribution in [0.15, 0.2) is 36.7 Å². The molecule has 2 aromatic rings. The SMILES string of the molecule is Cn1cccc1CNCc1ccnc(OCC2CC2)c1. The first-order valence-electron chi connectivity index (χ1n) is 7.20. The van der Waals surface area contributed by atoms with Crippen molar-refractivity contribution in [2.24, 2.45) is 13.0 Å². The number of hydrogen-bond donors (Lipinski definition) is 1. The van der Waals surface area contributed by atoms with Gasteiger partial charge in [-0.3, -0.25) is 0 Å². The minimum Gasteiger partial charge on any atom is -0.477 e. The Balaban J connectivity index is 1.49. The van der Waals surface area contributed by atoms with E-state index in [0.29, 0.717) is 0 Å². The Morgan fingerprint density at radius 2 is 2.25 bits per heavy atom. The molecule has 0 spiro atoms. The van der Waals surface area contributed by atoms with Crippen molar-refractivity contribution in [1.82, 2.24) is 14.9 Å². The predicted octanol–water partition coefficient (Wildman–Crippen LogP) is 2.50. The zero-order chi connectivity index (χ0) is 13.8. The van der Waals surface area contributed by atoms with E-state index in [1.54, 1.807) is 0 Å². The van der Waals surface area contributed by atoms with Gasteiger partial charge in [-0.15, -0.1) is 0 Å². The second kappa shape index (κ2) is 6.09. The molecule has 20 heavy (non-hydrogen) atoms. The fraction of sp³-hybridized carbons (Fsp3) is 0.438. The summed E-state index contributed by atoms with van der Waals surface area (Å²) >= 11 is 0. The minimum atomic E-state index is 0.745. The van der Waals surface area contributed by atoms with Crippen molar-refractivity contribution < 1.29 is 4.74 Å². The van der Waals surface area contributed by atoms with Crippen LogP contribution >= 0.6 is 0 Å². The molecule has 0 bridgehead atoms. The molecule has 2 aromatic heterocycles. The lowest BCUT2D eigenvalue weighted by Crippen LogP contribution is -2.15. The predicted molar refractivity (Wildman–Crippen MR) is 78.4 cm³/mol. The highest BCUT2D eigenvalue weighted by atomic mass is 16.5. The Morgan fingerprint density at radius 1 is 1.35 bits per heavy atom. The standard InChI is InChI=1S/C16H21N3O/c1-19-8-2-3-15(19)11-17-10-14-6-7-18-16(9-14)20-12-13-4-5-13/h2-3,6-9,13,17H,4-5,10-12H2,1H3. The Hall–Kier alpha value is -1.81. The van der Waals surface area contributed by atoms with Gasteiger partial charge >= 0.3 is 0 Å². The highest BCUT2D eigenvalue weighted by Crippen LogP contribution is 2.29. The van der Waals surface area contributed by atoms with E-state index in [1.165, 1.54) is 24.1 Å². The monoisotopic (exact) mass is 271 g/mol. The van der Waals surface area contributed by atoms with Crippen molar-refractivity contribution in [3.05, 3.63) is 47.9 Å². The molecule has 0 atom stereocenters. The molecule has 0 radical (unpaired) electrons. The lowest BCUT2D eigenvalue weighted by atomic mass is 10.2. The van der Waals surface area contributed by atoms with E-state index in [1.807, 2.05) is 18.3 Å². The molecule has 1 aliphatic carbocycles. The molecule has 1 aliphatic rings. The van der Waals surface area contributed by atoms with Gasteiger partial charge in [0.05, 0.1) is 6.61 Å². The summed E-state index contributed by atoms with van der Waals surface area (Å²) in [6.45, 7) is 2.50. The summed E-state index contributed by atoms with van der Waals surface area (Å²) in [4.78, 5) is 4.26. The largest absolute Gasteiger partial charge is 0.477 e. The number of nitrogens with zero attached hydrogens (tertiary/aromatic N) is 2. The van der Waals surface area contributed by atoms with Crippen LogP contribution in [0.25, 0.3) is 0 Å². The Labute approximate surface area is 119 Å². The van der Waals surface area contributed by atoms with Crippen LogP contribution in [0.4, 0.5) is 0 Å². The number of pyridine rings is 1. The summed E-state index contributed by atoms with van der Waals surface area (Å²) in [6, 6.07) is 8.25. The fourth-order valence-corrected chi connectivity index (χ4v) is 2.14. The smallest absolute Gasteiger partial charge is 0.213 e. The molecule has 1 fully saturated rings. The van der Waals surface area contributed by atoms with Gasteiger partial charge in [0.1, 0.15) is 0 Å². The van der Waals surface area contributed by atoms with E-state index in [0.717, 1.165) is 31.5 Å². The van der Waals surface area contributed by atoms with E-state index < -0.39 is 0 Å². The first-order chi connectivity index (χ1) is 9.81. The van der Waals surface area contributed by atoms with Crippen molar-refractivity contribution in [2.75, 3.05) is 6.61 Å². The van der Waals surface area contributed by atoms with Gasteiger partial charge < -0.3 is 14.6 Å². The average molecular weight is 271 g/mol. The Kier molecular flexibility index (Phi) is 4.02. The average Bonchev–Trinajstić information content (AvgIpc) is 3.20. The molecule has 0 aliphatic heterocycles. The molecule has 0 amide bonds. The normalized spacial score (nSPS) is 14.4. The molecule has 1 saturated carbocycles. The quantitative estimate of drug-likeness (QED) is 0.841. The minimum absolute atomic E-state index is 0.745. The topological polar surface area (TPSA) is 39.1 Å². The van der Waals surface area contributed by atoms with E-state index in [-0.39, 0.29) is 0 Å². The van der Waals surface area contributed by atoms with Crippen LogP contribution in [0.1, 0.15) is 24.1 Å². The van der Waals surface area contributed by atoms with E-state index in [4.69, 9.17) is 4.74 Å². The molecule has 0 aromatic carbocycles. The summed E-state index contributed by atoms with van der Waals surface area (Å²) < 4.78 is 7.83. The third-order valence-electron chi connectivity index (χ3n) is 3.65. The Morgan fingerprint density at radius 3 is 3.00 bits per heavy atom. The van der Waals surface area contributed by atoms with Gasteiger partial charge in [0.25, 0.3) is 0 Å². The van der Waals surface area contributed by atoms with Gasteiger partial charge in [0.15, 0.2) is 0 Å². The van der Waals surface area contributed by atoms with E-state index in [9.17, 15) is 0 Å². The molecule has 0 saturated heterocycles. The van der Waals surface area contributed by atoms with Crippen LogP contribution in [0.5, 0.6) is 5.88 Å². The number of nitrogens with one attached hydrogen (secondary N) is 1. The second-order valence-electron chi connectivity index (χ2n) is 5.47. The van der Waals surface area contributed by atoms with E-state index in [2.05, 4.69) is 40.2 Å². The Bertz CT molecular complexity index is 560. The van der Waals surface area contributed by atoms with Crippen molar-refractivity contribution in [1.29, 1.82) is 0 Å². The maximum atomic E-state index is 5.70. The summed E-state index contributed by atoms with van der Waals surface area (Å²) in [7, 11) is 2.06. The second-order valence-corrected chi connectivity index (χ2v) is 5.47. The summed E-state index contributed by atoms with van der Waals surface area (Å²) in [6.07, 6.45) is 6.49. The van der Waals surface area contributed by atoms with Crippen LogP contribution in [-0.2, 0) is 20.1 Å². The highest BCUT2D eigenvalue weighted by Gasteiger charge is 2.22. The maximum Gasteiger partial charge on any atom is 0.213 e. The van der Waals surface area contributed by atoms with Crippen molar-refractivity contribution in [3.63, 3.8) is 0 Å². The van der Waals surface area contributed by atoms with Gasteiger partial charge in [-0.25, -0.2) is 4.98 Å². The lowest BCUT2D eigenvalue weighted by molar-refractivity contribution is 0.288. The van der Waals surface area contributed by atoms with Crippen LogP contribution in [0.3, 0.4) is 0 Å². The molecule has 2 heterocycles. The molecular weight excluding hydrogens is 250 g/mol. The number of aromatic nitrogens is 2. The number of ether oxygens (including phenoxy) is 1. The lowest BCUT2D eigenvalue weighted by Gasteiger charge is -2.08. The molecule has 4 heteroatoms. The molecule has 0 unspecified atom stereocenters. The van der Waals surface area contributed by atoms with Crippen LogP contribution in [0.2, 0.25) is 0 Å². The molecule has 3 rings (SSSR count). The van der Waals surface area contributed by atoms with Gasteiger partial charge in [-0.1, -0.05) is 0 Å². The summed E-state index contributed by atoms with van der Waals surface area (Å²) in [5.74, 6) is 1.51. The van der Waals surface area contributed by atoms with Crippen LogP contribution in [-0.4, -0.2) is 16.2 Å². The summed E-state index contributed by atoms with van der Waals surface area (Å²) in [5.41, 5.74) is 2.49. The van der Waals surface area contributed by atoms with Gasteiger partial charge in [0, 0.05) is 44.3 Å². The number of aryl methyl sites for hydroxylation is 1. The molecular formula is C16H21N3O. The van der Waals surface area contributed by atoms with E-state index >= 15 is 0 Å². The van der Waals surface area contributed by atoms with Crippen molar-refractivity contribution in [3.8, 4) is 5.88 Å². The molecule has 106 valence electrons. The fourth-order valence-electron chi connectivity index (χ4n) is 2.14. The first kappa shape index (κ1) is 13.2. The first-order valence-corrected chi connectivity index (χ1v) is 7.20. The maximum absolute atomic E-state index is 5.70.